The molecule has 2 aromatic carbocycles. The molecular weight excluding hydrogens is 289 g/mol. The molecule has 0 heterocycles. The van der Waals surface area contributed by atoms with Gasteiger partial charge in [-0.25, -0.2) is 0 Å². The van der Waals surface area contributed by atoms with Crippen molar-refractivity contribution in [1.29, 1.82) is 0 Å². The van der Waals surface area contributed by atoms with Crippen molar-refractivity contribution in [1.82, 2.24) is 0 Å². The Morgan fingerprint density at radius 2 is 1.95 bits per heavy atom. The van der Waals surface area contributed by atoms with Crippen LogP contribution in [0.3, 0.4) is 0 Å². The number of hydrogen-bond donors (Lipinski definition) is 0. The minimum absolute atomic E-state index is 0.0262. The van der Waals surface area contributed by atoms with Crippen LogP contribution in [0.5, 0.6) is 5.75 Å². The van der Waals surface area contributed by atoms with E-state index in [-0.39, 0.29) is 12.3 Å². The molecule has 0 saturated heterocycles. The number of non-ortho nitro benzene ring substituents is 1. The third kappa shape index (κ3) is 3.59. The van der Waals surface area contributed by atoms with Crippen LogP contribution in [0.4, 0.5) is 5.69 Å². The molecule has 0 aliphatic heterocycles. The van der Waals surface area contributed by atoms with Gasteiger partial charge in [0.2, 0.25) is 0 Å². The highest BCUT2D eigenvalue weighted by Gasteiger charge is 2.07. The Labute approximate surface area is 119 Å². The van der Waals surface area contributed by atoms with E-state index >= 15 is 0 Å². The van der Waals surface area contributed by atoms with Crippen LogP contribution in [0.25, 0.3) is 0 Å². The van der Waals surface area contributed by atoms with Crippen molar-refractivity contribution in [2.75, 3.05) is 0 Å². The molecule has 0 spiro atoms. The monoisotopic (exact) mass is 297 g/mol. The van der Waals surface area contributed by atoms with E-state index in [1.165, 1.54) is 12.1 Å². The first-order valence-corrected chi connectivity index (χ1v) is 6.13. The fraction of sp³-hybridized carbons (Fsp3) is 0.0769. The fourth-order valence-corrected chi connectivity index (χ4v) is 1.84. The molecule has 19 heavy (non-hydrogen) atoms. The summed E-state index contributed by atoms with van der Waals surface area (Å²) < 4.78 is 5.50. The van der Waals surface area contributed by atoms with Crippen LogP contribution >= 0.6 is 23.2 Å². The van der Waals surface area contributed by atoms with Gasteiger partial charge in [0, 0.05) is 23.2 Å². The zero-order valence-electron chi connectivity index (χ0n) is 9.68. The lowest BCUT2D eigenvalue weighted by Gasteiger charge is -2.08. The zero-order valence-corrected chi connectivity index (χ0v) is 11.2. The molecular formula is C13H9Cl2NO3. The van der Waals surface area contributed by atoms with Gasteiger partial charge in [-0.1, -0.05) is 35.3 Å². The molecule has 0 bridgehead atoms. The number of benzene rings is 2. The lowest BCUT2D eigenvalue weighted by Crippen LogP contribution is -1.97. The molecule has 0 atom stereocenters. The number of nitrogens with zero attached hydrogens (tertiary/aromatic N) is 1. The number of rotatable bonds is 4. The highest BCUT2D eigenvalue weighted by atomic mass is 35.5. The van der Waals surface area contributed by atoms with Crippen molar-refractivity contribution in [2.24, 2.45) is 0 Å². The first-order chi connectivity index (χ1) is 9.06. The van der Waals surface area contributed by atoms with E-state index in [4.69, 9.17) is 27.9 Å². The van der Waals surface area contributed by atoms with Crippen LogP contribution in [0, 0.1) is 10.1 Å². The standard InChI is InChI=1S/C13H9Cl2NO3/c14-10-4-5-12(15)13(7-10)19-8-9-2-1-3-11(6-9)16(17)18/h1-7H,8H2. The number of halogens is 2. The smallest absolute Gasteiger partial charge is 0.269 e. The van der Waals surface area contributed by atoms with Gasteiger partial charge >= 0.3 is 0 Å². The van der Waals surface area contributed by atoms with Crippen LogP contribution in [0.1, 0.15) is 5.56 Å². The largest absolute Gasteiger partial charge is 0.487 e. The van der Waals surface area contributed by atoms with E-state index in [0.29, 0.717) is 21.4 Å². The molecule has 0 fully saturated rings. The first kappa shape index (κ1) is 13.6. The third-order valence-corrected chi connectivity index (χ3v) is 2.96. The minimum atomic E-state index is -0.449. The maximum absolute atomic E-state index is 10.7. The van der Waals surface area contributed by atoms with Gasteiger partial charge in [0.15, 0.2) is 0 Å². The normalized spacial score (nSPS) is 10.2. The molecule has 0 aliphatic rings. The molecule has 0 aromatic heterocycles. The molecule has 0 saturated carbocycles. The minimum Gasteiger partial charge on any atom is -0.487 e. The van der Waals surface area contributed by atoms with Gasteiger partial charge in [-0.2, -0.15) is 0 Å². The highest BCUT2D eigenvalue weighted by Crippen LogP contribution is 2.28. The Kier molecular flexibility index (Phi) is 4.24. The summed E-state index contributed by atoms with van der Waals surface area (Å²) in [6.07, 6.45) is 0. The van der Waals surface area contributed by atoms with E-state index in [2.05, 4.69) is 0 Å². The molecule has 2 rings (SSSR count). The summed E-state index contributed by atoms with van der Waals surface area (Å²) in [6.45, 7) is 0.182. The van der Waals surface area contributed by atoms with Crippen molar-refractivity contribution in [3.8, 4) is 5.75 Å². The molecule has 2 aromatic rings. The van der Waals surface area contributed by atoms with Crippen LogP contribution < -0.4 is 4.74 Å². The summed E-state index contributed by atoms with van der Waals surface area (Å²) in [5.74, 6) is 0.445. The van der Waals surface area contributed by atoms with Crippen molar-refractivity contribution in [3.63, 3.8) is 0 Å². The summed E-state index contributed by atoms with van der Waals surface area (Å²) in [7, 11) is 0. The SMILES string of the molecule is O=[N+]([O-])c1cccc(COc2cc(Cl)ccc2Cl)c1. The van der Waals surface area contributed by atoms with Crippen LogP contribution in [-0.2, 0) is 6.61 Å². The summed E-state index contributed by atoms with van der Waals surface area (Å²) in [6, 6.07) is 11.1. The van der Waals surface area contributed by atoms with E-state index in [9.17, 15) is 10.1 Å². The zero-order chi connectivity index (χ0) is 13.8. The van der Waals surface area contributed by atoms with Crippen molar-refractivity contribution in [2.45, 2.75) is 6.61 Å². The van der Waals surface area contributed by atoms with E-state index < -0.39 is 4.92 Å². The second-order valence-electron chi connectivity index (χ2n) is 3.79. The molecule has 0 unspecified atom stereocenters. The summed E-state index contributed by atoms with van der Waals surface area (Å²) in [5, 5.41) is 11.6. The summed E-state index contributed by atoms with van der Waals surface area (Å²) in [4.78, 5) is 10.2. The van der Waals surface area contributed by atoms with Gasteiger partial charge in [-0.05, 0) is 17.7 Å². The maximum Gasteiger partial charge on any atom is 0.269 e. The number of nitro groups is 1. The Morgan fingerprint density at radius 1 is 1.16 bits per heavy atom. The summed E-state index contributed by atoms with van der Waals surface area (Å²) >= 11 is 11.8. The molecule has 4 nitrogen and oxygen atoms in total. The Bertz CT molecular complexity index is 617. The quantitative estimate of drug-likeness (QED) is 0.617. The second-order valence-corrected chi connectivity index (χ2v) is 4.63. The summed E-state index contributed by atoms with van der Waals surface area (Å²) in [5.41, 5.74) is 0.712. The molecule has 0 aliphatic carbocycles. The van der Waals surface area contributed by atoms with Gasteiger partial charge < -0.3 is 4.74 Å². The Hall–Kier alpha value is -1.78. The second kappa shape index (κ2) is 5.91. The van der Waals surface area contributed by atoms with Gasteiger partial charge in [0.05, 0.1) is 9.95 Å². The first-order valence-electron chi connectivity index (χ1n) is 5.37. The third-order valence-electron chi connectivity index (χ3n) is 2.41. The number of hydrogen-bond acceptors (Lipinski definition) is 3. The topological polar surface area (TPSA) is 52.4 Å². The molecule has 0 N–H and O–H groups in total. The molecule has 6 heteroatoms. The van der Waals surface area contributed by atoms with Crippen molar-refractivity contribution >= 4 is 28.9 Å². The van der Waals surface area contributed by atoms with E-state index in [0.717, 1.165) is 0 Å². The average Bonchev–Trinajstić information content (AvgIpc) is 2.40. The molecule has 0 amide bonds. The number of nitro benzene ring substituents is 1. The maximum atomic E-state index is 10.7. The van der Waals surface area contributed by atoms with Gasteiger partial charge in [0.1, 0.15) is 12.4 Å². The van der Waals surface area contributed by atoms with Crippen LogP contribution in [0.2, 0.25) is 10.0 Å². The van der Waals surface area contributed by atoms with Crippen LogP contribution in [0.15, 0.2) is 42.5 Å². The average molecular weight is 298 g/mol. The van der Waals surface area contributed by atoms with Crippen LogP contribution in [-0.4, -0.2) is 4.92 Å². The number of ether oxygens (including phenoxy) is 1. The Balaban J connectivity index is 2.12. The van der Waals surface area contributed by atoms with Crippen molar-refractivity contribution < 1.29 is 9.66 Å². The predicted molar refractivity (Wildman–Crippen MR) is 73.9 cm³/mol. The van der Waals surface area contributed by atoms with E-state index in [1.54, 1.807) is 30.3 Å². The predicted octanol–water partition coefficient (Wildman–Crippen LogP) is 4.48. The Morgan fingerprint density at radius 3 is 2.68 bits per heavy atom. The lowest BCUT2D eigenvalue weighted by molar-refractivity contribution is -0.384. The van der Waals surface area contributed by atoms with Gasteiger partial charge in [-0.15, -0.1) is 0 Å². The lowest BCUT2D eigenvalue weighted by atomic mass is 10.2. The molecule has 0 radical (unpaired) electrons. The fourth-order valence-electron chi connectivity index (χ4n) is 1.51. The van der Waals surface area contributed by atoms with E-state index in [1.807, 2.05) is 0 Å². The molecule has 98 valence electrons. The van der Waals surface area contributed by atoms with Crippen molar-refractivity contribution in [3.05, 3.63) is 68.2 Å². The van der Waals surface area contributed by atoms with Gasteiger partial charge in [-0.3, -0.25) is 10.1 Å². The highest BCUT2D eigenvalue weighted by molar-refractivity contribution is 6.34. The van der Waals surface area contributed by atoms with Gasteiger partial charge in [0.25, 0.3) is 5.69 Å².